The van der Waals surface area contributed by atoms with Gasteiger partial charge in [-0.15, -0.1) is 0 Å². The number of nitrogens with zero attached hydrogens (tertiary/aromatic N) is 4. The lowest BCUT2D eigenvalue weighted by Gasteiger charge is -2.40. The highest BCUT2D eigenvalue weighted by Gasteiger charge is 2.43. The summed E-state index contributed by atoms with van der Waals surface area (Å²) in [6.07, 6.45) is -0.447. The van der Waals surface area contributed by atoms with Crippen molar-refractivity contribution in [2.24, 2.45) is 0 Å². The van der Waals surface area contributed by atoms with Crippen LogP contribution in [0.4, 0.5) is 24.7 Å². The van der Waals surface area contributed by atoms with E-state index in [-0.39, 0.29) is 28.4 Å². The number of hydrogen-bond acceptors (Lipinski definition) is 7. The summed E-state index contributed by atoms with van der Waals surface area (Å²) in [6.45, 7) is 1.49. The van der Waals surface area contributed by atoms with Crippen LogP contribution < -0.4 is 10.6 Å². The molecule has 4 rings (SSSR count). The van der Waals surface area contributed by atoms with Crippen LogP contribution in [-0.4, -0.2) is 46.4 Å². The Morgan fingerprint density at radius 2 is 2.03 bits per heavy atom. The zero-order chi connectivity index (χ0) is 23.3. The van der Waals surface area contributed by atoms with E-state index >= 15 is 0 Å². The first-order valence-corrected chi connectivity index (χ1v) is 10.9. The number of fused-ring (bicyclic) bond motifs is 1. The number of sulfonamides is 1. The van der Waals surface area contributed by atoms with Gasteiger partial charge in [-0.3, -0.25) is 5.41 Å². The van der Waals surface area contributed by atoms with Crippen molar-refractivity contribution in [3.8, 4) is 0 Å². The quantitative estimate of drug-likeness (QED) is 0.541. The molecule has 0 saturated carbocycles. The van der Waals surface area contributed by atoms with Crippen LogP contribution >= 0.6 is 0 Å². The molecule has 9 nitrogen and oxygen atoms in total. The number of pyridine rings is 1. The van der Waals surface area contributed by atoms with E-state index in [1.807, 2.05) is 0 Å². The lowest BCUT2D eigenvalue weighted by atomic mass is 9.93. The molecule has 32 heavy (non-hydrogen) atoms. The maximum absolute atomic E-state index is 14.7. The minimum atomic E-state index is -3.83. The number of aromatic nitrogens is 3. The zero-order valence-corrected chi connectivity index (χ0v) is 17.7. The fourth-order valence-electron chi connectivity index (χ4n) is 3.44. The highest BCUT2D eigenvalue weighted by atomic mass is 32.2. The van der Waals surface area contributed by atoms with Crippen LogP contribution in [-0.2, 0) is 15.6 Å². The lowest BCUT2D eigenvalue weighted by molar-refractivity contribution is 0.146. The van der Waals surface area contributed by atoms with E-state index in [0.29, 0.717) is 5.69 Å². The summed E-state index contributed by atoms with van der Waals surface area (Å²) >= 11 is 0. The molecule has 0 amide bonds. The number of rotatable bonds is 4. The van der Waals surface area contributed by atoms with E-state index < -0.39 is 39.3 Å². The molecular formula is C19H18F3N7O2S. The van der Waals surface area contributed by atoms with Gasteiger partial charge in [0.2, 0.25) is 16.0 Å². The molecule has 0 bridgehead atoms. The summed E-state index contributed by atoms with van der Waals surface area (Å²) in [4.78, 5) is 12.0. The van der Waals surface area contributed by atoms with Gasteiger partial charge in [0.05, 0.1) is 23.0 Å². The van der Waals surface area contributed by atoms with Crippen LogP contribution in [0.5, 0.6) is 0 Å². The second kappa shape index (κ2) is 7.58. The minimum absolute atomic E-state index is 0.0234. The number of anilines is 2. The molecule has 1 aliphatic heterocycles. The molecule has 1 aliphatic rings. The average molecular weight is 465 g/mol. The Labute approximate surface area is 181 Å². The highest BCUT2D eigenvalue weighted by molar-refractivity contribution is 7.89. The Morgan fingerprint density at radius 3 is 2.72 bits per heavy atom. The number of guanidine groups is 1. The summed E-state index contributed by atoms with van der Waals surface area (Å²) in [5.41, 5.74) is -1.06. The van der Waals surface area contributed by atoms with Crippen molar-refractivity contribution in [3.63, 3.8) is 0 Å². The summed E-state index contributed by atoms with van der Waals surface area (Å²) in [7, 11) is -2.59. The van der Waals surface area contributed by atoms with Gasteiger partial charge in [-0.05, 0) is 31.2 Å². The zero-order valence-electron chi connectivity index (χ0n) is 16.9. The van der Waals surface area contributed by atoms with Gasteiger partial charge in [-0.1, -0.05) is 0 Å². The van der Waals surface area contributed by atoms with Crippen LogP contribution in [0.25, 0.3) is 11.0 Å². The van der Waals surface area contributed by atoms with Crippen LogP contribution in [0, 0.1) is 11.2 Å². The Balaban J connectivity index is 1.72. The maximum Gasteiger partial charge on any atom is 0.281 e. The Bertz CT molecular complexity index is 1340. The van der Waals surface area contributed by atoms with E-state index in [1.54, 1.807) is 0 Å². The summed E-state index contributed by atoms with van der Waals surface area (Å²) in [5, 5.41) is 13.6. The van der Waals surface area contributed by atoms with Gasteiger partial charge < -0.3 is 10.6 Å². The van der Waals surface area contributed by atoms with Crippen molar-refractivity contribution in [2.45, 2.75) is 18.9 Å². The number of benzene rings is 1. The van der Waals surface area contributed by atoms with Crippen molar-refractivity contribution < 1.29 is 21.6 Å². The molecule has 13 heteroatoms. The molecule has 2 aromatic heterocycles. The molecule has 0 unspecified atom stereocenters. The first kappa shape index (κ1) is 21.7. The monoisotopic (exact) mass is 465 g/mol. The first-order chi connectivity index (χ1) is 15.0. The molecule has 0 aliphatic carbocycles. The fourth-order valence-corrected chi connectivity index (χ4v) is 4.92. The molecule has 3 N–H and O–H groups in total. The van der Waals surface area contributed by atoms with E-state index in [9.17, 15) is 21.6 Å². The number of nitrogens with one attached hydrogen (secondary N) is 3. The van der Waals surface area contributed by atoms with Crippen LogP contribution in [0.2, 0.25) is 0 Å². The van der Waals surface area contributed by atoms with Gasteiger partial charge in [0.15, 0.2) is 5.82 Å². The smallest absolute Gasteiger partial charge is 0.281 e. The van der Waals surface area contributed by atoms with E-state index in [0.717, 1.165) is 16.6 Å². The largest absolute Gasteiger partial charge is 0.345 e. The molecule has 168 valence electrons. The van der Waals surface area contributed by atoms with Gasteiger partial charge in [0.1, 0.15) is 17.0 Å². The maximum atomic E-state index is 14.7. The highest BCUT2D eigenvalue weighted by Crippen LogP contribution is 2.32. The predicted molar refractivity (Wildman–Crippen MR) is 112 cm³/mol. The molecule has 3 heterocycles. The topological polar surface area (TPSA) is 124 Å². The van der Waals surface area contributed by atoms with Gasteiger partial charge in [0, 0.05) is 24.5 Å². The number of hydrogen-bond donors (Lipinski definition) is 3. The first-order valence-electron chi connectivity index (χ1n) is 9.30. The molecular weight excluding hydrogens is 447 g/mol. The Morgan fingerprint density at radius 1 is 1.28 bits per heavy atom. The average Bonchev–Trinajstić information content (AvgIpc) is 2.72. The number of halogens is 3. The Kier molecular flexibility index (Phi) is 5.15. The Hall–Kier alpha value is -3.48. The normalized spacial score (nSPS) is 20.4. The second-order valence-corrected chi connectivity index (χ2v) is 9.47. The van der Waals surface area contributed by atoms with Gasteiger partial charge in [-0.25, -0.2) is 40.8 Å². The third-order valence-corrected chi connectivity index (χ3v) is 7.08. The fraction of sp³-hybridized carbons (Fsp3) is 0.263. The summed E-state index contributed by atoms with van der Waals surface area (Å²) in [5.74, 6) is -1.30. The van der Waals surface area contributed by atoms with E-state index in [4.69, 9.17) is 5.41 Å². The van der Waals surface area contributed by atoms with Crippen molar-refractivity contribution in [1.29, 1.82) is 5.41 Å². The standard InChI is InChI=1S/C19H18F3N7O2S/c1-19(9-32(30,31)29(2)18(23)28-19)11-7-10(3-4-12(11)20)26-17-15-13(5-6-24-17)27-14(8-25-15)16(21)22/h3-8,16H,9H2,1-2H3,(H2,23,28)(H,24,26)/t19-/m0/s1. The van der Waals surface area contributed by atoms with Gasteiger partial charge in [-0.2, -0.15) is 0 Å². The van der Waals surface area contributed by atoms with E-state index in [1.165, 1.54) is 38.4 Å². The predicted octanol–water partition coefficient (Wildman–Crippen LogP) is 2.86. The van der Waals surface area contributed by atoms with Crippen molar-refractivity contribution in [3.05, 3.63) is 53.7 Å². The number of alkyl halides is 2. The molecule has 1 fully saturated rings. The molecule has 0 radical (unpaired) electrons. The van der Waals surface area contributed by atoms with Gasteiger partial charge in [0.25, 0.3) is 6.43 Å². The van der Waals surface area contributed by atoms with Crippen molar-refractivity contribution in [2.75, 3.05) is 18.1 Å². The van der Waals surface area contributed by atoms with Crippen LogP contribution in [0.1, 0.15) is 24.6 Å². The summed E-state index contributed by atoms with van der Waals surface area (Å²) in [6, 6.07) is 5.41. The van der Waals surface area contributed by atoms with Crippen molar-refractivity contribution >= 4 is 38.5 Å². The SMILES string of the molecule is CN1C(=N)N[C@](C)(c2cc(Nc3nccc4nc(C(F)F)cnc34)ccc2F)CS1(=O)=O. The van der Waals surface area contributed by atoms with E-state index in [2.05, 4.69) is 25.6 Å². The lowest BCUT2D eigenvalue weighted by Crippen LogP contribution is -2.61. The van der Waals surface area contributed by atoms with Crippen LogP contribution in [0.3, 0.4) is 0 Å². The van der Waals surface area contributed by atoms with Crippen LogP contribution in [0.15, 0.2) is 36.7 Å². The third kappa shape index (κ3) is 3.79. The van der Waals surface area contributed by atoms with Gasteiger partial charge >= 0.3 is 0 Å². The summed E-state index contributed by atoms with van der Waals surface area (Å²) < 4.78 is 66.2. The minimum Gasteiger partial charge on any atom is -0.345 e. The molecule has 1 aromatic carbocycles. The second-order valence-electron chi connectivity index (χ2n) is 7.47. The molecule has 1 saturated heterocycles. The molecule has 3 aromatic rings. The molecule has 0 spiro atoms. The molecule has 1 atom stereocenters. The van der Waals surface area contributed by atoms with Crippen molar-refractivity contribution in [1.82, 2.24) is 24.6 Å². The third-order valence-electron chi connectivity index (χ3n) is 5.12.